The number of carbonyl (C=O) groups excluding carboxylic acids is 2. The predicted molar refractivity (Wildman–Crippen MR) is 88.9 cm³/mol. The van der Waals surface area contributed by atoms with E-state index in [9.17, 15) is 9.59 Å². The van der Waals surface area contributed by atoms with Crippen LogP contribution in [0.2, 0.25) is 0 Å². The zero-order chi connectivity index (χ0) is 17.3. The molecule has 0 saturated heterocycles. The van der Waals surface area contributed by atoms with Crippen molar-refractivity contribution in [2.45, 2.75) is 26.4 Å². The number of aromatic nitrogens is 2. The first-order chi connectivity index (χ1) is 11.5. The van der Waals surface area contributed by atoms with Crippen molar-refractivity contribution < 1.29 is 14.3 Å². The predicted octanol–water partition coefficient (Wildman–Crippen LogP) is 1.21. The third-order valence-electron chi connectivity index (χ3n) is 4.27. The minimum Gasteiger partial charge on any atom is -0.468 e. The first-order valence-electron chi connectivity index (χ1n) is 7.76. The van der Waals surface area contributed by atoms with E-state index in [2.05, 4.69) is 5.10 Å². The molecule has 0 unspecified atom stereocenters. The van der Waals surface area contributed by atoms with Crippen molar-refractivity contribution >= 4 is 17.6 Å². The summed E-state index contributed by atoms with van der Waals surface area (Å²) in [5, 5.41) is 4.61. The van der Waals surface area contributed by atoms with Crippen molar-refractivity contribution in [1.82, 2.24) is 14.7 Å². The second-order valence-corrected chi connectivity index (χ2v) is 5.82. The van der Waals surface area contributed by atoms with E-state index in [4.69, 9.17) is 10.5 Å². The first kappa shape index (κ1) is 16.0. The van der Waals surface area contributed by atoms with Gasteiger partial charge in [-0.15, -0.1) is 0 Å². The van der Waals surface area contributed by atoms with Crippen molar-refractivity contribution in [3.8, 4) is 11.3 Å². The van der Waals surface area contributed by atoms with E-state index in [0.717, 1.165) is 22.5 Å². The van der Waals surface area contributed by atoms with Gasteiger partial charge >= 0.3 is 5.97 Å². The third-order valence-corrected chi connectivity index (χ3v) is 4.27. The van der Waals surface area contributed by atoms with E-state index in [1.54, 1.807) is 16.5 Å². The summed E-state index contributed by atoms with van der Waals surface area (Å²) in [4.78, 5) is 25.2. The number of rotatable bonds is 3. The second kappa shape index (κ2) is 6.35. The molecular formula is C17H20N4O3. The van der Waals surface area contributed by atoms with Crippen molar-refractivity contribution in [2.75, 3.05) is 19.4 Å². The lowest BCUT2D eigenvalue weighted by Gasteiger charge is -2.26. The van der Waals surface area contributed by atoms with Crippen molar-refractivity contribution in [3.05, 3.63) is 35.5 Å². The lowest BCUT2D eigenvalue weighted by Crippen LogP contribution is -2.35. The van der Waals surface area contributed by atoms with E-state index in [1.165, 1.54) is 7.11 Å². The fourth-order valence-electron chi connectivity index (χ4n) is 2.95. The Morgan fingerprint density at radius 1 is 1.29 bits per heavy atom. The molecule has 0 spiro atoms. The standard InChI is InChI=1S/C17H20N4O3/c1-11(22)20-8-7-15-14(9-20)17(12-3-5-13(18)6-4-12)19-21(15)10-16(23)24-2/h3-6H,7-10,18H2,1-2H3. The number of fused-ring (bicyclic) bond motifs is 1. The number of nitrogens with two attached hydrogens (primary N) is 1. The number of hydrogen-bond acceptors (Lipinski definition) is 5. The highest BCUT2D eigenvalue weighted by atomic mass is 16.5. The maximum absolute atomic E-state index is 11.7. The van der Waals surface area contributed by atoms with Crippen LogP contribution in [0.25, 0.3) is 11.3 Å². The molecule has 2 N–H and O–H groups in total. The molecule has 2 heterocycles. The molecule has 1 amide bonds. The molecule has 0 bridgehead atoms. The summed E-state index contributed by atoms with van der Waals surface area (Å²) in [6.07, 6.45) is 0.661. The molecular weight excluding hydrogens is 308 g/mol. The first-order valence-corrected chi connectivity index (χ1v) is 7.76. The van der Waals surface area contributed by atoms with E-state index in [0.29, 0.717) is 25.2 Å². The van der Waals surface area contributed by atoms with Gasteiger partial charge in [-0.25, -0.2) is 0 Å². The number of benzene rings is 1. The van der Waals surface area contributed by atoms with Gasteiger partial charge in [0.1, 0.15) is 6.54 Å². The quantitative estimate of drug-likeness (QED) is 0.675. The Morgan fingerprint density at radius 2 is 2.00 bits per heavy atom. The van der Waals surface area contributed by atoms with Crippen LogP contribution >= 0.6 is 0 Å². The fraction of sp³-hybridized carbons (Fsp3) is 0.353. The molecule has 1 aromatic heterocycles. The topological polar surface area (TPSA) is 90.4 Å². The lowest BCUT2D eigenvalue weighted by atomic mass is 10.0. The zero-order valence-corrected chi connectivity index (χ0v) is 13.8. The highest BCUT2D eigenvalue weighted by Crippen LogP contribution is 2.30. The molecule has 7 heteroatoms. The molecule has 0 atom stereocenters. The number of ether oxygens (including phenoxy) is 1. The fourth-order valence-corrected chi connectivity index (χ4v) is 2.95. The molecule has 24 heavy (non-hydrogen) atoms. The molecule has 0 fully saturated rings. The van der Waals surface area contributed by atoms with Crippen LogP contribution in [0, 0.1) is 0 Å². The molecule has 1 aromatic carbocycles. The van der Waals surface area contributed by atoms with Crippen LogP contribution in [0.4, 0.5) is 5.69 Å². The van der Waals surface area contributed by atoms with E-state index in [1.807, 2.05) is 24.3 Å². The largest absolute Gasteiger partial charge is 0.468 e. The van der Waals surface area contributed by atoms with Crippen LogP contribution in [0.1, 0.15) is 18.2 Å². The molecule has 0 saturated carbocycles. The summed E-state index contributed by atoms with van der Waals surface area (Å²) in [7, 11) is 1.36. The monoisotopic (exact) mass is 328 g/mol. The van der Waals surface area contributed by atoms with Crippen LogP contribution in [0.15, 0.2) is 24.3 Å². The van der Waals surface area contributed by atoms with Crippen LogP contribution in [0.3, 0.4) is 0 Å². The Kier molecular flexibility index (Phi) is 4.24. The van der Waals surface area contributed by atoms with Gasteiger partial charge in [-0.1, -0.05) is 12.1 Å². The highest BCUT2D eigenvalue weighted by Gasteiger charge is 2.27. The third kappa shape index (κ3) is 2.97. The Hall–Kier alpha value is -2.83. The molecule has 2 aromatic rings. The number of esters is 1. The summed E-state index contributed by atoms with van der Waals surface area (Å²) in [5.41, 5.74) is 10.1. The number of hydrogen-bond donors (Lipinski definition) is 1. The van der Waals surface area contributed by atoms with Gasteiger partial charge in [0.15, 0.2) is 0 Å². The van der Waals surface area contributed by atoms with Gasteiger partial charge in [0.05, 0.1) is 12.8 Å². The number of amides is 1. The summed E-state index contributed by atoms with van der Waals surface area (Å²) in [6.45, 7) is 2.74. The van der Waals surface area contributed by atoms with Crippen molar-refractivity contribution in [1.29, 1.82) is 0 Å². The van der Waals surface area contributed by atoms with Gasteiger partial charge in [-0.2, -0.15) is 5.10 Å². The maximum atomic E-state index is 11.7. The molecule has 3 rings (SSSR count). The number of methoxy groups -OCH3 is 1. The molecule has 7 nitrogen and oxygen atoms in total. The van der Waals surface area contributed by atoms with Gasteiger partial charge in [-0.3, -0.25) is 14.3 Å². The summed E-state index contributed by atoms with van der Waals surface area (Å²) in [5.74, 6) is -0.317. The van der Waals surface area contributed by atoms with E-state index < -0.39 is 0 Å². The van der Waals surface area contributed by atoms with Crippen LogP contribution < -0.4 is 5.73 Å². The van der Waals surface area contributed by atoms with Crippen LogP contribution in [-0.2, 0) is 33.8 Å². The summed E-state index contributed by atoms with van der Waals surface area (Å²) in [6, 6.07) is 7.42. The number of nitrogen functional groups attached to an aromatic ring is 1. The minimum atomic E-state index is -0.349. The van der Waals surface area contributed by atoms with Crippen LogP contribution in [0.5, 0.6) is 0 Å². The zero-order valence-electron chi connectivity index (χ0n) is 13.8. The molecule has 126 valence electrons. The van der Waals surface area contributed by atoms with E-state index in [-0.39, 0.29) is 18.4 Å². The lowest BCUT2D eigenvalue weighted by molar-refractivity contribution is -0.141. The Morgan fingerprint density at radius 3 is 2.62 bits per heavy atom. The summed E-state index contributed by atoms with van der Waals surface area (Å²) >= 11 is 0. The van der Waals surface area contributed by atoms with Crippen molar-refractivity contribution in [2.24, 2.45) is 0 Å². The molecule has 1 aliphatic heterocycles. The smallest absolute Gasteiger partial charge is 0.327 e. The maximum Gasteiger partial charge on any atom is 0.327 e. The second-order valence-electron chi connectivity index (χ2n) is 5.82. The van der Waals surface area contributed by atoms with Gasteiger partial charge in [0.2, 0.25) is 5.91 Å². The van der Waals surface area contributed by atoms with Gasteiger partial charge in [0.25, 0.3) is 0 Å². The number of anilines is 1. The molecule has 0 aliphatic carbocycles. The number of carbonyl (C=O) groups is 2. The molecule has 0 radical (unpaired) electrons. The normalized spacial score (nSPS) is 13.5. The summed E-state index contributed by atoms with van der Waals surface area (Å²) < 4.78 is 6.44. The SMILES string of the molecule is COC(=O)Cn1nc(-c2ccc(N)cc2)c2c1CCN(C(C)=O)C2. The average molecular weight is 328 g/mol. The highest BCUT2D eigenvalue weighted by molar-refractivity contribution is 5.75. The van der Waals surface area contributed by atoms with Gasteiger partial charge in [-0.05, 0) is 12.1 Å². The molecule has 1 aliphatic rings. The minimum absolute atomic E-state index is 0.0321. The van der Waals surface area contributed by atoms with Crippen LogP contribution in [-0.4, -0.2) is 40.2 Å². The van der Waals surface area contributed by atoms with Gasteiger partial charge < -0.3 is 15.4 Å². The Balaban J connectivity index is 2.05. The number of nitrogens with zero attached hydrogens (tertiary/aromatic N) is 3. The Labute approximate surface area is 140 Å². The van der Waals surface area contributed by atoms with E-state index >= 15 is 0 Å². The Bertz CT molecular complexity index is 780. The average Bonchev–Trinajstić information content (AvgIpc) is 2.93. The van der Waals surface area contributed by atoms with Crippen molar-refractivity contribution in [3.63, 3.8) is 0 Å². The van der Waals surface area contributed by atoms with Gasteiger partial charge in [0, 0.05) is 48.9 Å².